The lowest BCUT2D eigenvalue weighted by atomic mass is 9.91. The fraction of sp³-hybridized carbons (Fsp3) is 0.909. The molecule has 0 aromatic rings. The van der Waals surface area contributed by atoms with Gasteiger partial charge >= 0.3 is 0 Å². The lowest BCUT2D eigenvalue weighted by Crippen LogP contribution is -2.33. The first-order chi connectivity index (χ1) is 7.53. The van der Waals surface area contributed by atoms with Crippen molar-refractivity contribution in [3.63, 3.8) is 0 Å². The third-order valence-corrected chi connectivity index (χ3v) is 4.53. The van der Waals surface area contributed by atoms with Gasteiger partial charge in [-0.05, 0) is 25.7 Å². The Balaban J connectivity index is 2.36. The van der Waals surface area contributed by atoms with Crippen molar-refractivity contribution in [2.24, 2.45) is 11.8 Å². The SMILES string of the molecule is CC(C#N)CNS(=O)(=O)CC1CCCCC1. The molecule has 0 heterocycles. The van der Waals surface area contributed by atoms with Crippen LogP contribution in [0.3, 0.4) is 0 Å². The van der Waals surface area contributed by atoms with E-state index in [1.54, 1.807) is 6.92 Å². The van der Waals surface area contributed by atoms with E-state index in [0.717, 1.165) is 25.7 Å². The maximum Gasteiger partial charge on any atom is 0.211 e. The predicted molar refractivity (Wildman–Crippen MR) is 63.1 cm³/mol. The number of hydrogen-bond acceptors (Lipinski definition) is 3. The van der Waals surface area contributed by atoms with Crippen molar-refractivity contribution in [1.29, 1.82) is 5.26 Å². The zero-order chi connectivity index (χ0) is 12.0. The highest BCUT2D eigenvalue weighted by atomic mass is 32.2. The van der Waals surface area contributed by atoms with Gasteiger partial charge in [0, 0.05) is 6.54 Å². The summed E-state index contributed by atoms with van der Waals surface area (Å²) in [6.07, 6.45) is 5.57. The Morgan fingerprint density at radius 2 is 2.00 bits per heavy atom. The topological polar surface area (TPSA) is 70.0 Å². The summed E-state index contributed by atoms with van der Waals surface area (Å²) in [4.78, 5) is 0. The van der Waals surface area contributed by atoms with Crippen LogP contribution >= 0.6 is 0 Å². The van der Waals surface area contributed by atoms with Crippen LogP contribution in [0.25, 0.3) is 0 Å². The molecule has 1 N–H and O–H groups in total. The standard InChI is InChI=1S/C11H20N2O2S/c1-10(7-12)8-13-16(14,15)9-11-5-3-2-4-6-11/h10-11,13H,2-6,8-9H2,1H3. The Morgan fingerprint density at radius 3 is 2.56 bits per heavy atom. The van der Waals surface area contributed by atoms with Gasteiger partial charge in [0.25, 0.3) is 0 Å². The second kappa shape index (κ2) is 6.21. The Hall–Kier alpha value is -0.600. The van der Waals surface area contributed by atoms with Crippen LogP contribution < -0.4 is 4.72 Å². The van der Waals surface area contributed by atoms with Gasteiger partial charge in [0.15, 0.2) is 0 Å². The van der Waals surface area contributed by atoms with Gasteiger partial charge in [-0.3, -0.25) is 0 Å². The molecule has 4 nitrogen and oxygen atoms in total. The van der Waals surface area contributed by atoms with Gasteiger partial charge in [0.05, 0.1) is 17.7 Å². The van der Waals surface area contributed by atoms with E-state index in [1.165, 1.54) is 6.42 Å². The highest BCUT2D eigenvalue weighted by Crippen LogP contribution is 2.24. The summed E-state index contributed by atoms with van der Waals surface area (Å²) in [6.45, 7) is 1.94. The molecule has 5 heteroatoms. The van der Waals surface area contributed by atoms with Gasteiger partial charge in [-0.2, -0.15) is 5.26 Å². The third-order valence-electron chi connectivity index (χ3n) is 3.01. The van der Waals surface area contributed by atoms with Crippen LogP contribution in [0.2, 0.25) is 0 Å². The maximum absolute atomic E-state index is 11.7. The van der Waals surface area contributed by atoms with E-state index >= 15 is 0 Å². The molecule has 0 aromatic carbocycles. The predicted octanol–water partition coefficient (Wildman–Crippen LogP) is 1.65. The Kier molecular flexibility index (Phi) is 5.23. The molecule has 0 radical (unpaired) electrons. The fourth-order valence-corrected chi connectivity index (χ4v) is 3.60. The van der Waals surface area contributed by atoms with Crippen LogP contribution in [-0.4, -0.2) is 20.7 Å². The highest BCUT2D eigenvalue weighted by molar-refractivity contribution is 7.89. The van der Waals surface area contributed by atoms with Crippen molar-refractivity contribution in [1.82, 2.24) is 4.72 Å². The van der Waals surface area contributed by atoms with Gasteiger partial charge in [-0.25, -0.2) is 13.1 Å². The molecular weight excluding hydrogens is 224 g/mol. The molecule has 0 saturated heterocycles. The Labute approximate surface area is 98.1 Å². The monoisotopic (exact) mass is 244 g/mol. The summed E-state index contributed by atoms with van der Waals surface area (Å²) in [7, 11) is -3.19. The second-order valence-electron chi connectivity index (χ2n) is 4.66. The molecule has 0 amide bonds. The molecule has 1 fully saturated rings. The van der Waals surface area contributed by atoms with Gasteiger partial charge in [-0.1, -0.05) is 19.3 Å². The largest absolute Gasteiger partial charge is 0.214 e. The molecule has 1 aliphatic rings. The molecule has 1 saturated carbocycles. The van der Waals surface area contributed by atoms with Gasteiger partial charge < -0.3 is 0 Å². The average molecular weight is 244 g/mol. The molecule has 0 bridgehead atoms. The fourth-order valence-electron chi connectivity index (χ4n) is 2.02. The zero-order valence-electron chi connectivity index (χ0n) is 9.78. The molecule has 1 rings (SSSR count). The summed E-state index contributed by atoms with van der Waals surface area (Å²) in [5.74, 6) is 0.273. The molecule has 0 aromatic heterocycles. The number of hydrogen-bond donors (Lipinski definition) is 1. The minimum Gasteiger partial charge on any atom is -0.214 e. The van der Waals surface area contributed by atoms with E-state index < -0.39 is 10.0 Å². The van der Waals surface area contributed by atoms with E-state index in [4.69, 9.17) is 5.26 Å². The molecule has 1 aliphatic carbocycles. The van der Waals surface area contributed by atoms with E-state index in [1.807, 2.05) is 6.07 Å². The summed E-state index contributed by atoms with van der Waals surface area (Å²) in [6, 6.07) is 2.01. The average Bonchev–Trinajstić information content (AvgIpc) is 2.27. The van der Waals surface area contributed by atoms with Crippen LogP contribution in [0.1, 0.15) is 39.0 Å². The van der Waals surface area contributed by atoms with E-state index in [-0.39, 0.29) is 18.2 Å². The van der Waals surface area contributed by atoms with Crippen LogP contribution in [0, 0.1) is 23.2 Å². The quantitative estimate of drug-likeness (QED) is 0.799. The van der Waals surface area contributed by atoms with Gasteiger partial charge in [0.2, 0.25) is 10.0 Å². The zero-order valence-corrected chi connectivity index (χ0v) is 10.6. The first-order valence-electron chi connectivity index (χ1n) is 5.90. The minimum absolute atomic E-state index is 0.227. The summed E-state index contributed by atoms with van der Waals surface area (Å²) in [5.41, 5.74) is 0. The normalized spacial score (nSPS) is 20.2. The van der Waals surface area contributed by atoms with Gasteiger partial charge in [0.1, 0.15) is 0 Å². The summed E-state index contributed by atoms with van der Waals surface area (Å²) >= 11 is 0. The van der Waals surface area contributed by atoms with Crippen LogP contribution in [0.15, 0.2) is 0 Å². The first-order valence-corrected chi connectivity index (χ1v) is 7.55. The van der Waals surface area contributed by atoms with Crippen molar-refractivity contribution in [3.05, 3.63) is 0 Å². The molecule has 92 valence electrons. The number of sulfonamides is 1. The molecule has 1 unspecified atom stereocenters. The Bertz CT molecular complexity index is 339. The molecule has 1 atom stereocenters. The summed E-state index contributed by atoms with van der Waals surface area (Å²) in [5, 5.41) is 8.57. The maximum atomic E-state index is 11.7. The molecular formula is C11H20N2O2S. The molecule has 0 spiro atoms. The third kappa shape index (κ3) is 4.95. The molecule has 16 heavy (non-hydrogen) atoms. The van der Waals surface area contributed by atoms with E-state index in [2.05, 4.69) is 4.72 Å². The highest BCUT2D eigenvalue weighted by Gasteiger charge is 2.21. The minimum atomic E-state index is -3.19. The van der Waals surface area contributed by atoms with E-state index in [9.17, 15) is 8.42 Å². The van der Waals surface area contributed by atoms with Crippen molar-refractivity contribution < 1.29 is 8.42 Å². The smallest absolute Gasteiger partial charge is 0.211 e. The van der Waals surface area contributed by atoms with Crippen molar-refractivity contribution in [3.8, 4) is 6.07 Å². The van der Waals surface area contributed by atoms with E-state index in [0.29, 0.717) is 5.92 Å². The number of rotatable bonds is 5. The van der Waals surface area contributed by atoms with Crippen LogP contribution in [-0.2, 0) is 10.0 Å². The Morgan fingerprint density at radius 1 is 1.38 bits per heavy atom. The second-order valence-corrected chi connectivity index (χ2v) is 6.52. The van der Waals surface area contributed by atoms with Crippen LogP contribution in [0.4, 0.5) is 0 Å². The first kappa shape index (κ1) is 13.5. The lowest BCUT2D eigenvalue weighted by Gasteiger charge is -2.21. The van der Waals surface area contributed by atoms with Crippen molar-refractivity contribution in [2.45, 2.75) is 39.0 Å². The number of nitriles is 1. The number of nitrogens with zero attached hydrogens (tertiary/aromatic N) is 1. The number of nitrogens with one attached hydrogen (secondary N) is 1. The van der Waals surface area contributed by atoms with Crippen molar-refractivity contribution >= 4 is 10.0 Å². The summed E-state index contributed by atoms with van der Waals surface area (Å²) < 4.78 is 25.9. The lowest BCUT2D eigenvalue weighted by molar-refractivity contribution is 0.383. The van der Waals surface area contributed by atoms with Gasteiger partial charge in [-0.15, -0.1) is 0 Å². The molecule has 0 aliphatic heterocycles. The van der Waals surface area contributed by atoms with Crippen LogP contribution in [0.5, 0.6) is 0 Å². The van der Waals surface area contributed by atoms with Crippen molar-refractivity contribution in [2.75, 3.05) is 12.3 Å².